The molecule has 0 aliphatic carbocycles. The van der Waals surface area contributed by atoms with E-state index < -0.39 is 10.0 Å². The molecule has 4 nitrogen and oxygen atoms in total. The first-order chi connectivity index (χ1) is 8.59. The third-order valence-electron chi connectivity index (χ3n) is 3.48. The second-order valence-corrected chi connectivity index (χ2v) is 6.54. The number of nitrogens with two attached hydrogens (primary N) is 1. The lowest BCUT2D eigenvalue weighted by atomic mass is 10.1. The zero-order valence-corrected chi connectivity index (χ0v) is 11.5. The van der Waals surface area contributed by atoms with Crippen molar-refractivity contribution < 1.29 is 8.42 Å². The molecule has 1 heterocycles. The Hall–Kier alpha value is -0.910. The molecule has 0 spiro atoms. The van der Waals surface area contributed by atoms with Gasteiger partial charge in [-0.3, -0.25) is 0 Å². The van der Waals surface area contributed by atoms with Crippen molar-refractivity contribution in [2.45, 2.75) is 37.6 Å². The molecule has 0 bridgehead atoms. The minimum absolute atomic E-state index is 0.377. The molecule has 100 valence electrons. The molecule has 1 fully saturated rings. The summed E-state index contributed by atoms with van der Waals surface area (Å²) in [5, 5.41) is 0. The van der Waals surface area contributed by atoms with E-state index in [1.54, 1.807) is 16.4 Å². The number of nitrogens with zero attached hydrogens (tertiary/aromatic N) is 1. The van der Waals surface area contributed by atoms with E-state index in [9.17, 15) is 8.42 Å². The van der Waals surface area contributed by atoms with Gasteiger partial charge in [-0.1, -0.05) is 13.0 Å². The molecule has 0 unspecified atom stereocenters. The van der Waals surface area contributed by atoms with Crippen LogP contribution in [0.15, 0.2) is 23.1 Å². The van der Waals surface area contributed by atoms with Crippen LogP contribution in [0.5, 0.6) is 0 Å². The highest BCUT2D eigenvalue weighted by Crippen LogP contribution is 2.23. The summed E-state index contributed by atoms with van der Waals surface area (Å²) in [6, 6.07) is 5.31. The Morgan fingerprint density at radius 2 is 1.89 bits per heavy atom. The molecule has 18 heavy (non-hydrogen) atoms. The van der Waals surface area contributed by atoms with Gasteiger partial charge in [0.15, 0.2) is 0 Å². The first kappa shape index (κ1) is 13.5. The Kier molecular flexibility index (Phi) is 4.04. The average molecular weight is 268 g/mol. The van der Waals surface area contributed by atoms with Crippen LogP contribution < -0.4 is 5.73 Å². The van der Waals surface area contributed by atoms with Gasteiger partial charge in [0, 0.05) is 19.6 Å². The van der Waals surface area contributed by atoms with Gasteiger partial charge in [0.2, 0.25) is 10.0 Å². The minimum atomic E-state index is -3.32. The average Bonchev–Trinajstić information content (AvgIpc) is 2.92. The lowest BCUT2D eigenvalue weighted by molar-refractivity contribution is 0.477. The molecule has 0 aromatic heterocycles. The van der Waals surface area contributed by atoms with Gasteiger partial charge in [0.05, 0.1) is 4.90 Å². The zero-order chi connectivity index (χ0) is 13.2. The van der Waals surface area contributed by atoms with Crippen molar-refractivity contribution in [1.82, 2.24) is 4.31 Å². The van der Waals surface area contributed by atoms with E-state index in [1.165, 1.54) is 0 Å². The smallest absolute Gasteiger partial charge is 0.243 e. The van der Waals surface area contributed by atoms with Gasteiger partial charge in [0.25, 0.3) is 0 Å². The SMILES string of the molecule is CCc1ccc(S(=O)(=O)N2CCCC2)cc1CN. The van der Waals surface area contributed by atoms with Gasteiger partial charge in [0.1, 0.15) is 0 Å². The fourth-order valence-corrected chi connectivity index (χ4v) is 3.94. The van der Waals surface area contributed by atoms with Crippen molar-refractivity contribution in [2.24, 2.45) is 5.73 Å². The molecular weight excluding hydrogens is 248 g/mol. The molecule has 1 aromatic carbocycles. The Bertz CT molecular complexity index is 520. The summed E-state index contributed by atoms with van der Waals surface area (Å²) in [6.45, 7) is 3.70. The van der Waals surface area contributed by atoms with E-state index in [0.29, 0.717) is 24.5 Å². The molecule has 1 aliphatic heterocycles. The molecule has 0 saturated carbocycles. The number of sulfonamides is 1. The maximum absolute atomic E-state index is 12.4. The van der Waals surface area contributed by atoms with Crippen molar-refractivity contribution >= 4 is 10.0 Å². The first-order valence-corrected chi connectivity index (χ1v) is 7.85. The summed E-state index contributed by atoms with van der Waals surface area (Å²) >= 11 is 0. The third-order valence-corrected chi connectivity index (χ3v) is 5.38. The van der Waals surface area contributed by atoms with Crippen molar-refractivity contribution in [3.63, 3.8) is 0 Å². The minimum Gasteiger partial charge on any atom is -0.326 e. The van der Waals surface area contributed by atoms with Crippen LogP contribution in [0.4, 0.5) is 0 Å². The standard InChI is InChI=1S/C13H20N2O2S/c1-2-11-5-6-13(9-12(11)10-14)18(16,17)15-7-3-4-8-15/h5-6,9H,2-4,7-8,10,14H2,1H3. The molecule has 1 saturated heterocycles. The molecule has 1 aliphatic rings. The van der Waals surface area contributed by atoms with Gasteiger partial charge in [-0.15, -0.1) is 0 Å². The van der Waals surface area contributed by atoms with Crippen LogP contribution in [0, 0.1) is 0 Å². The quantitative estimate of drug-likeness (QED) is 0.900. The summed E-state index contributed by atoms with van der Waals surface area (Å²) in [6.07, 6.45) is 2.78. The van der Waals surface area contributed by atoms with Crippen molar-refractivity contribution in [1.29, 1.82) is 0 Å². The number of aryl methyl sites for hydroxylation is 1. The molecule has 0 amide bonds. The van der Waals surface area contributed by atoms with E-state index in [-0.39, 0.29) is 0 Å². The highest BCUT2D eigenvalue weighted by Gasteiger charge is 2.27. The normalized spacial score (nSPS) is 17.2. The number of hydrogen-bond acceptors (Lipinski definition) is 3. The lowest BCUT2D eigenvalue weighted by Crippen LogP contribution is -2.28. The van der Waals surface area contributed by atoms with E-state index in [2.05, 4.69) is 0 Å². The van der Waals surface area contributed by atoms with E-state index >= 15 is 0 Å². The van der Waals surface area contributed by atoms with Gasteiger partial charge < -0.3 is 5.73 Å². The zero-order valence-electron chi connectivity index (χ0n) is 10.7. The van der Waals surface area contributed by atoms with Crippen LogP contribution in [0.25, 0.3) is 0 Å². The summed E-state index contributed by atoms with van der Waals surface area (Å²) in [5.74, 6) is 0. The number of rotatable bonds is 4. The Labute approximate surface area is 109 Å². The molecule has 1 aromatic rings. The summed E-state index contributed by atoms with van der Waals surface area (Å²) in [4.78, 5) is 0.377. The summed E-state index contributed by atoms with van der Waals surface area (Å²) in [7, 11) is -3.32. The highest BCUT2D eigenvalue weighted by molar-refractivity contribution is 7.89. The second kappa shape index (κ2) is 5.38. The fourth-order valence-electron chi connectivity index (χ4n) is 2.38. The number of hydrogen-bond donors (Lipinski definition) is 1. The first-order valence-electron chi connectivity index (χ1n) is 6.41. The molecular formula is C13H20N2O2S. The maximum Gasteiger partial charge on any atom is 0.243 e. The van der Waals surface area contributed by atoms with Crippen molar-refractivity contribution in [3.05, 3.63) is 29.3 Å². The van der Waals surface area contributed by atoms with Gasteiger partial charge >= 0.3 is 0 Å². The Morgan fingerprint density at radius 1 is 1.22 bits per heavy atom. The van der Waals surface area contributed by atoms with Crippen LogP contribution in [0.3, 0.4) is 0 Å². The summed E-state index contributed by atoms with van der Waals surface area (Å²) in [5.41, 5.74) is 7.73. The van der Waals surface area contributed by atoms with Crippen LogP contribution in [-0.2, 0) is 23.0 Å². The van der Waals surface area contributed by atoms with E-state index in [1.807, 2.05) is 13.0 Å². The van der Waals surface area contributed by atoms with Crippen molar-refractivity contribution in [2.75, 3.05) is 13.1 Å². The summed E-state index contributed by atoms with van der Waals surface area (Å²) < 4.78 is 26.3. The van der Waals surface area contributed by atoms with Crippen LogP contribution in [-0.4, -0.2) is 25.8 Å². The van der Waals surface area contributed by atoms with E-state index in [0.717, 1.165) is 30.4 Å². The molecule has 2 rings (SSSR count). The van der Waals surface area contributed by atoms with Gasteiger partial charge in [-0.25, -0.2) is 8.42 Å². The molecule has 0 atom stereocenters. The maximum atomic E-state index is 12.4. The van der Waals surface area contributed by atoms with Gasteiger partial charge in [-0.2, -0.15) is 4.31 Å². The monoisotopic (exact) mass is 268 g/mol. The topological polar surface area (TPSA) is 63.4 Å². The Balaban J connectivity index is 2.38. The number of benzene rings is 1. The largest absolute Gasteiger partial charge is 0.326 e. The highest BCUT2D eigenvalue weighted by atomic mass is 32.2. The van der Waals surface area contributed by atoms with Crippen LogP contribution >= 0.6 is 0 Å². The molecule has 0 radical (unpaired) electrons. The van der Waals surface area contributed by atoms with Crippen LogP contribution in [0.2, 0.25) is 0 Å². The van der Waals surface area contributed by atoms with E-state index in [4.69, 9.17) is 5.73 Å². The fraction of sp³-hybridized carbons (Fsp3) is 0.538. The van der Waals surface area contributed by atoms with Gasteiger partial charge in [-0.05, 0) is 42.5 Å². The third kappa shape index (κ3) is 2.43. The Morgan fingerprint density at radius 3 is 2.44 bits per heavy atom. The molecule has 5 heteroatoms. The lowest BCUT2D eigenvalue weighted by Gasteiger charge is -2.17. The predicted molar refractivity (Wildman–Crippen MR) is 71.7 cm³/mol. The van der Waals surface area contributed by atoms with Crippen LogP contribution in [0.1, 0.15) is 30.9 Å². The predicted octanol–water partition coefficient (Wildman–Crippen LogP) is 1.49. The second-order valence-electron chi connectivity index (χ2n) is 4.60. The molecule has 2 N–H and O–H groups in total. The van der Waals surface area contributed by atoms with Crippen molar-refractivity contribution in [3.8, 4) is 0 Å².